The Bertz CT molecular complexity index is 825. The summed E-state index contributed by atoms with van der Waals surface area (Å²) in [6, 6.07) is 3.58. The Morgan fingerprint density at radius 3 is 1.93 bits per heavy atom. The standard InChI is InChI=1S/C22H28BrNO6/c1-7-29-21(25)15-11-24(13(3)4)12-16(22(26)30-8-2)19(15)14-9-17(23)20(28-6)18(10-14)27-5/h9-13,19H,7-8H2,1-6H3. The molecule has 0 radical (unpaired) electrons. The van der Waals surface area contributed by atoms with Crippen molar-refractivity contribution in [3.63, 3.8) is 0 Å². The van der Waals surface area contributed by atoms with Crippen LogP contribution in [0.4, 0.5) is 0 Å². The van der Waals surface area contributed by atoms with Gasteiger partial charge in [0.25, 0.3) is 0 Å². The third-order valence-electron chi connectivity index (χ3n) is 4.61. The number of nitrogens with zero attached hydrogens (tertiary/aromatic N) is 1. The van der Waals surface area contributed by atoms with Crippen molar-refractivity contribution in [2.75, 3.05) is 27.4 Å². The highest BCUT2D eigenvalue weighted by atomic mass is 79.9. The molecule has 0 N–H and O–H groups in total. The van der Waals surface area contributed by atoms with E-state index in [1.165, 1.54) is 14.2 Å². The van der Waals surface area contributed by atoms with E-state index in [-0.39, 0.29) is 19.3 Å². The van der Waals surface area contributed by atoms with Crippen LogP contribution in [0.5, 0.6) is 11.5 Å². The lowest BCUT2D eigenvalue weighted by Crippen LogP contribution is -2.32. The van der Waals surface area contributed by atoms with Gasteiger partial charge in [-0.3, -0.25) is 0 Å². The number of carbonyl (C=O) groups is 2. The van der Waals surface area contributed by atoms with Gasteiger partial charge in [-0.15, -0.1) is 0 Å². The van der Waals surface area contributed by atoms with E-state index in [2.05, 4.69) is 15.9 Å². The topological polar surface area (TPSA) is 74.3 Å². The third-order valence-corrected chi connectivity index (χ3v) is 5.20. The average molecular weight is 482 g/mol. The van der Waals surface area contributed by atoms with Crippen molar-refractivity contribution in [2.24, 2.45) is 0 Å². The summed E-state index contributed by atoms with van der Waals surface area (Å²) >= 11 is 3.49. The van der Waals surface area contributed by atoms with Crippen LogP contribution < -0.4 is 9.47 Å². The molecule has 0 bridgehead atoms. The van der Waals surface area contributed by atoms with Crippen molar-refractivity contribution in [1.82, 2.24) is 4.90 Å². The molecule has 0 amide bonds. The van der Waals surface area contributed by atoms with Crippen molar-refractivity contribution in [3.8, 4) is 11.5 Å². The molecular formula is C22H28BrNO6. The molecule has 164 valence electrons. The molecule has 0 fully saturated rings. The molecule has 0 atom stereocenters. The Morgan fingerprint density at radius 1 is 1.00 bits per heavy atom. The Morgan fingerprint density at radius 2 is 1.53 bits per heavy atom. The first-order valence-corrected chi connectivity index (χ1v) is 10.5. The molecule has 1 aromatic rings. The first-order chi connectivity index (χ1) is 14.3. The molecule has 1 aliphatic rings. The van der Waals surface area contributed by atoms with Crippen molar-refractivity contribution >= 4 is 27.9 Å². The summed E-state index contributed by atoms with van der Waals surface area (Å²) in [5.41, 5.74) is 1.35. The molecule has 0 aliphatic carbocycles. The molecular weight excluding hydrogens is 454 g/mol. The molecule has 7 nitrogen and oxygen atoms in total. The zero-order valence-electron chi connectivity index (χ0n) is 18.2. The predicted molar refractivity (Wildman–Crippen MR) is 116 cm³/mol. The second-order valence-electron chi connectivity index (χ2n) is 6.82. The van der Waals surface area contributed by atoms with E-state index in [9.17, 15) is 9.59 Å². The van der Waals surface area contributed by atoms with Crippen molar-refractivity contribution in [1.29, 1.82) is 0 Å². The molecule has 0 saturated carbocycles. The molecule has 1 heterocycles. The van der Waals surface area contributed by atoms with E-state index < -0.39 is 17.9 Å². The average Bonchev–Trinajstić information content (AvgIpc) is 2.72. The van der Waals surface area contributed by atoms with Gasteiger partial charge in [-0.1, -0.05) is 0 Å². The van der Waals surface area contributed by atoms with E-state index in [4.69, 9.17) is 18.9 Å². The maximum absolute atomic E-state index is 12.9. The number of halogens is 1. The maximum Gasteiger partial charge on any atom is 0.336 e. The van der Waals surface area contributed by atoms with Gasteiger partial charge in [0.1, 0.15) is 0 Å². The van der Waals surface area contributed by atoms with Crippen molar-refractivity contribution in [2.45, 2.75) is 39.7 Å². The van der Waals surface area contributed by atoms with Gasteiger partial charge >= 0.3 is 11.9 Å². The third kappa shape index (κ3) is 4.98. The normalized spacial score (nSPS) is 14.2. The Labute approximate surface area is 185 Å². The fraction of sp³-hybridized carbons (Fsp3) is 0.455. The molecule has 0 spiro atoms. The summed E-state index contributed by atoms with van der Waals surface area (Å²) in [4.78, 5) is 27.6. The molecule has 0 saturated heterocycles. The Hall–Kier alpha value is -2.48. The van der Waals surface area contributed by atoms with Crippen LogP contribution in [0, 0.1) is 0 Å². The van der Waals surface area contributed by atoms with Crippen LogP contribution in [0.3, 0.4) is 0 Å². The van der Waals surface area contributed by atoms with Gasteiger partial charge in [0.15, 0.2) is 11.5 Å². The summed E-state index contributed by atoms with van der Waals surface area (Å²) in [5.74, 6) is -0.680. The fourth-order valence-corrected chi connectivity index (χ4v) is 3.83. The zero-order chi connectivity index (χ0) is 22.4. The highest BCUT2D eigenvalue weighted by Gasteiger charge is 2.36. The van der Waals surface area contributed by atoms with E-state index >= 15 is 0 Å². The minimum absolute atomic E-state index is 0.0249. The minimum Gasteiger partial charge on any atom is -0.493 e. The van der Waals surface area contributed by atoms with Gasteiger partial charge in [0.2, 0.25) is 0 Å². The number of benzene rings is 1. The second kappa shape index (κ2) is 10.5. The lowest BCUT2D eigenvalue weighted by atomic mass is 9.83. The van der Waals surface area contributed by atoms with E-state index in [0.29, 0.717) is 32.7 Å². The van der Waals surface area contributed by atoms with Crippen LogP contribution in [-0.2, 0) is 19.1 Å². The van der Waals surface area contributed by atoms with Crippen molar-refractivity contribution in [3.05, 3.63) is 45.7 Å². The number of ether oxygens (including phenoxy) is 4. The summed E-state index contributed by atoms with van der Waals surface area (Å²) in [6.07, 6.45) is 3.45. The van der Waals surface area contributed by atoms with Crippen LogP contribution in [-0.4, -0.2) is 50.3 Å². The largest absolute Gasteiger partial charge is 0.493 e. The van der Waals surface area contributed by atoms with Gasteiger partial charge in [-0.2, -0.15) is 0 Å². The molecule has 0 unspecified atom stereocenters. The minimum atomic E-state index is -0.686. The molecule has 30 heavy (non-hydrogen) atoms. The summed E-state index contributed by atoms with van der Waals surface area (Å²) < 4.78 is 22.1. The van der Waals surface area contributed by atoms with Gasteiger partial charge in [-0.25, -0.2) is 9.59 Å². The number of esters is 2. The summed E-state index contributed by atoms with van der Waals surface area (Å²) in [7, 11) is 3.07. The smallest absolute Gasteiger partial charge is 0.336 e. The SMILES string of the molecule is CCOC(=O)C1=CN(C(C)C)C=C(C(=O)OCC)C1c1cc(Br)c(OC)c(OC)c1. The fourth-order valence-electron chi connectivity index (χ4n) is 3.21. The highest BCUT2D eigenvalue weighted by Crippen LogP contribution is 2.44. The van der Waals surface area contributed by atoms with Gasteiger partial charge in [-0.05, 0) is 61.3 Å². The number of carbonyl (C=O) groups excluding carboxylic acids is 2. The molecule has 1 aliphatic heterocycles. The lowest BCUT2D eigenvalue weighted by molar-refractivity contribution is -0.139. The zero-order valence-corrected chi connectivity index (χ0v) is 19.7. The van der Waals surface area contributed by atoms with Crippen LogP contribution in [0.1, 0.15) is 39.2 Å². The van der Waals surface area contributed by atoms with Crippen LogP contribution in [0.25, 0.3) is 0 Å². The maximum atomic E-state index is 12.9. The number of hydrogen-bond acceptors (Lipinski definition) is 7. The van der Waals surface area contributed by atoms with E-state index in [1.54, 1.807) is 38.4 Å². The van der Waals surface area contributed by atoms with Crippen molar-refractivity contribution < 1.29 is 28.5 Å². The van der Waals surface area contributed by atoms with Gasteiger partial charge in [0.05, 0.1) is 49.0 Å². The lowest BCUT2D eigenvalue weighted by Gasteiger charge is -2.32. The van der Waals surface area contributed by atoms with Gasteiger partial charge < -0.3 is 23.8 Å². The first-order valence-electron chi connectivity index (χ1n) is 9.75. The van der Waals surface area contributed by atoms with E-state index in [1.807, 2.05) is 18.7 Å². The number of rotatable bonds is 8. The quantitative estimate of drug-likeness (QED) is 0.515. The van der Waals surface area contributed by atoms with E-state index in [0.717, 1.165) is 0 Å². The first kappa shape index (κ1) is 23.8. The molecule has 0 aromatic heterocycles. The Kier molecular flexibility index (Phi) is 8.34. The number of methoxy groups -OCH3 is 2. The summed E-state index contributed by atoms with van der Waals surface area (Å²) in [5, 5.41) is 0. The predicted octanol–water partition coefficient (Wildman–Crippen LogP) is 4.17. The van der Waals surface area contributed by atoms with Crippen LogP contribution in [0.2, 0.25) is 0 Å². The molecule has 2 rings (SSSR count). The highest BCUT2D eigenvalue weighted by molar-refractivity contribution is 9.10. The second-order valence-corrected chi connectivity index (χ2v) is 7.68. The number of hydrogen-bond donors (Lipinski definition) is 0. The van der Waals surface area contributed by atoms with Crippen LogP contribution >= 0.6 is 15.9 Å². The Balaban J connectivity index is 2.72. The van der Waals surface area contributed by atoms with Gasteiger partial charge in [0, 0.05) is 18.4 Å². The summed E-state index contributed by atoms with van der Waals surface area (Å²) in [6.45, 7) is 7.85. The monoisotopic (exact) mass is 481 g/mol. The molecule has 8 heteroatoms. The van der Waals surface area contributed by atoms with Crippen LogP contribution in [0.15, 0.2) is 40.2 Å². The molecule has 1 aromatic carbocycles.